The summed E-state index contributed by atoms with van der Waals surface area (Å²) in [5, 5.41) is 19.4. The molecule has 2 saturated heterocycles. The van der Waals surface area contributed by atoms with Gasteiger partial charge in [0.2, 0.25) is 5.95 Å². The molecule has 3 N–H and O–H groups in total. The molecule has 0 amide bonds. The van der Waals surface area contributed by atoms with Gasteiger partial charge in [0.25, 0.3) is 5.56 Å². The average molecular weight is 506 g/mol. The Kier molecular flexibility index (Phi) is 7.25. The van der Waals surface area contributed by atoms with Crippen LogP contribution < -0.4 is 20.7 Å². The number of rotatable bonds is 6. The van der Waals surface area contributed by atoms with Gasteiger partial charge in [0, 0.05) is 37.6 Å². The van der Waals surface area contributed by atoms with Gasteiger partial charge in [-0.3, -0.25) is 9.59 Å². The number of carbonyl (C=O) groups is 1. The molecular weight excluding hydrogens is 470 g/mol. The van der Waals surface area contributed by atoms with Crippen LogP contribution in [0.4, 0.5) is 23.1 Å². The van der Waals surface area contributed by atoms with Crippen LogP contribution in [0.1, 0.15) is 58.3 Å². The average Bonchev–Trinajstić information content (AvgIpc) is 2.84. The van der Waals surface area contributed by atoms with Crippen molar-refractivity contribution in [3.8, 4) is 0 Å². The SMILES string of the molecule is CC1(CC(=O)O)CCN(c2ccc(Nc3nc(N4CCCCCCC4)nc4cn[nH]c(=O)c34)cc2)CC1. The quantitative estimate of drug-likeness (QED) is 0.449. The number of aromatic amines is 1. The van der Waals surface area contributed by atoms with Crippen molar-refractivity contribution in [2.45, 2.75) is 58.3 Å². The number of aromatic nitrogens is 4. The van der Waals surface area contributed by atoms with Crippen molar-refractivity contribution in [2.24, 2.45) is 5.41 Å². The molecule has 1 aromatic carbocycles. The maximum absolute atomic E-state index is 12.7. The van der Waals surface area contributed by atoms with Gasteiger partial charge in [-0.05, 0) is 55.4 Å². The lowest BCUT2D eigenvalue weighted by atomic mass is 9.77. The highest BCUT2D eigenvalue weighted by atomic mass is 16.4. The molecule has 0 atom stereocenters. The van der Waals surface area contributed by atoms with Crippen molar-refractivity contribution < 1.29 is 9.90 Å². The van der Waals surface area contributed by atoms with Gasteiger partial charge < -0.3 is 20.2 Å². The van der Waals surface area contributed by atoms with Gasteiger partial charge in [0.15, 0.2) is 0 Å². The van der Waals surface area contributed by atoms with E-state index in [1.165, 1.54) is 19.3 Å². The summed E-state index contributed by atoms with van der Waals surface area (Å²) in [6.45, 7) is 5.52. The molecule has 10 heteroatoms. The van der Waals surface area contributed by atoms with Crippen LogP contribution in [0.25, 0.3) is 10.9 Å². The first-order valence-electron chi connectivity index (χ1n) is 13.2. The third kappa shape index (κ3) is 5.84. The summed E-state index contributed by atoms with van der Waals surface area (Å²) in [6.07, 6.45) is 9.38. The molecule has 0 radical (unpaired) electrons. The standard InChI is InChI=1S/C27H35N7O3/c1-27(17-22(35)36)11-15-33(16-12-27)20-9-7-19(8-10-20)29-24-23-21(18-28-32-25(23)37)30-26(31-24)34-13-5-3-2-4-6-14-34/h7-10,18H,2-6,11-17H2,1H3,(H,32,37)(H,35,36)(H,29,30,31). The Morgan fingerprint density at radius 3 is 2.35 bits per heavy atom. The number of nitrogens with one attached hydrogen (secondary N) is 2. The second kappa shape index (κ2) is 10.7. The molecule has 0 spiro atoms. The zero-order chi connectivity index (χ0) is 25.8. The van der Waals surface area contributed by atoms with Crippen LogP contribution in [-0.2, 0) is 4.79 Å². The Balaban J connectivity index is 1.36. The molecule has 0 unspecified atom stereocenters. The normalized spacial score (nSPS) is 18.3. The molecule has 10 nitrogen and oxygen atoms in total. The van der Waals surface area contributed by atoms with Crippen LogP contribution in [0, 0.1) is 5.41 Å². The highest BCUT2D eigenvalue weighted by Crippen LogP contribution is 2.36. The lowest BCUT2D eigenvalue weighted by Gasteiger charge is -2.39. The molecule has 2 aromatic heterocycles. The van der Waals surface area contributed by atoms with Crippen LogP contribution in [0.15, 0.2) is 35.3 Å². The first-order chi connectivity index (χ1) is 17.9. The number of benzene rings is 1. The molecule has 5 rings (SSSR count). The van der Waals surface area contributed by atoms with Gasteiger partial charge in [0.05, 0.1) is 12.6 Å². The molecule has 0 saturated carbocycles. The van der Waals surface area contributed by atoms with Gasteiger partial charge in [-0.15, -0.1) is 0 Å². The molecule has 196 valence electrons. The second-order valence-electron chi connectivity index (χ2n) is 10.6. The minimum Gasteiger partial charge on any atom is -0.481 e. The zero-order valence-electron chi connectivity index (χ0n) is 21.4. The summed E-state index contributed by atoms with van der Waals surface area (Å²) in [5.41, 5.74) is 1.97. The van der Waals surface area contributed by atoms with Crippen LogP contribution in [0.2, 0.25) is 0 Å². The van der Waals surface area contributed by atoms with E-state index in [1.54, 1.807) is 6.20 Å². The molecule has 37 heavy (non-hydrogen) atoms. The minimum atomic E-state index is -0.729. The fourth-order valence-electron chi connectivity index (χ4n) is 5.41. The number of carboxylic acids is 1. The number of fused-ring (bicyclic) bond motifs is 1. The van der Waals surface area contributed by atoms with Crippen molar-refractivity contribution in [2.75, 3.05) is 41.3 Å². The number of anilines is 4. The van der Waals surface area contributed by atoms with Gasteiger partial charge in [-0.25, -0.2) is 10.1 Å². The number of hydrogen-bond donors (Lipinski definition) is 3. The Morgan fingerprint density at radius 2 is 1.68 bits per heavy atom. The zero-order valence-corrected chi connectivity index (χ0v) is 21.4. The van der Waals surface area contributed by atoms with Crippen LogP contribution in [-0.4, -0.2) is 57.4 Å². The monoisotopic (exact) mass is 505 g/mol. The number of carboxylic acid groups (broad SMARTS) is 1. The predicted molar refractivity (Wildman–Crippen MR) is 145 cm³/mol. The van der Waals surface area contributed by atoms with E-state index in [9.17, 15) is 14.7 Å². The Morgan fingerprint density at radius 1 is 1.00 bits per heavy atom. The predicted octanol–water partition coefficient (Wildman–Crippen LogP) is 4.31. The van der Waals surface area contributed by atoms with Crippen LogP contribution in [0.5, 0.6) is 0 Å². The third-order valence-corrected chi connectivity index (χ3v) is 7.69. The number of aliphatic carboxylic acids is 1. The maximum atomic E-state index is 12.7. The summed E-state index contributed by atoms with van der Waals surface area (Å²) in [7, 11) is 0. The van der Waals surface area contributed by atoms with E-state index in [2.05, 4.69) is 49.4 Å². The van der Waals surface area contributed by atoms with Gasteiger partial charge in [-0.2, -0.15) is 10.1 Å². The molecule has 2 fully saturated rings. The summed E-state index contributed by atoms with van der Waals surface area (Å²) in [4.78, 5) is 37.9. The fourth-order valence-corrected chi connectivity index (χ4v) is 5.41. The largest absolute Gasteiger partial charge is 0.481 e. The summed E-state index contributed by atoms with van der Waals surface area (Å²) in [5.74, 6) is 0.368. The molecular formula is C27H35N7O3. The molecule has 3 aromatic rings. The molecule has 4 heterocycles. The summed E-state index contributed by atoms with van der Waals surface area (Å²) < 4.78 is 0. The highest BCUT2D eigenvalue weighted by molar-refractivity contribution is 5.90. The summed E-state index contributed by atoms with van der Waals surface area (Å²) >= 11 is 0. The number of hydrogen-bond acceptors (Lipinski definition) is 8. The minimum absolute atomic E-state index is 0.149. The Labute approximate surface area is 216 Å². The highest BCUT2D eigenvalue weighted by Gasteiger charge is 2.32. The van der Waals surface area contributed by atoms with Crippen LogP contribution in [0.3, 0.4) is 0 Å². The van der Waals surface area contributed by atoms with Crippen molar-refractivity contribution in [3.05, 3.63) is 40.8 Å². The molecule has 0 bridgehead atoms. The molecule has 2 aliphatic heterocycles. The topological polar surface area (TPSA) is 127 Å². The van der Waals surface area contributed by atoms with Crippen LogP contribution >= 0.6 is 0 Å². The molecule has 0 aliphatic carbocycles. The van der Waals surface area contributed by atoms with E-state index >= 15 is 0 Å². The first-order valence-corrected chi connectivity index (χ1v) is 13.2. The molecule has 2 aliphatic rings. The van der Waals surface area contributed by atoms with E-state index in [4.69, 9.17) is 4.98 Å². The Hall–Kier alpha value is -3.69. The van der Waals surface area contributed by atoms with Crippen molar-refractivity contribution in [1.29, 1.82) is 0 Å². The van der Waals surface area contributed by atoms with Gasteiger partial charge in [0.1, 0.15) is 16.7 Å². The Bertz CT molecular complexity index is 1290. The number of H-pyrrole nitrogens is 1. The summed E-state index contributed by atoms with van der Waals surface area (Å²) in [6, 6.07) is 8.08. The van der Waals surface area contributed by atoms with Gasteiger partial charge in [-0.1, -0.05) is 26.2 Å². The van der Waals surface area contributed by atoms with E-state index in [1.807, 2.05) is 12.1 Å². The smallest absolute Gasteiger partial charge is 0.303 e. The first kappa shape index (κ1) is 25.0. The second-order valence-corrected chi connectivity index (χ2v) is 10.6. The van der Waals surface area contributed by atoms with Gasteiger partial charge >= 0.3 is 5.97 Å². The number of piperidine rings is 1. The van der Waals surface area contributed by atoms with Crippen molar-refractivity contribution in [3.63, 3.8) is 0 Å². The number of nitrogens with zero attached hydrogens (tertiary/aromatic N) is 5. The fraction of sp³-hybridized carbons (Fsp3) is 0.519. The van der Waals surface area contributed by atoms with Crippen molar-refractivity contribution in [1.82, 2.24) is 20.2 Å². The maximum Gasteiger partial charge on any atom is 0.303 e. The lowest BCUT2D eigenvalue weighted by molar-refractivity contribution is -0.139. The van der Waals surface area contributed by atoms with E-state index in [0.29, 0.717) is 22.7 Å². The van der Waals surface area contributed by atoms with E-state index in [-0.39, 0.29) is 17.4 Å². The lowest BCUT2D eigenvalue weighted by Crippen LogP contribution is -2.39. The third-order valence-electron chi connectivity index (χ3n) is 7.69. The van der Waals surface area contributed by atoms with E-state index in [0.717, 1.165) is 63.2 Å². The van der Waals surface area contributed by atoms with Crippen molar-refractivity contribution >= 4 is 40.0 Å². The van der Waals surface area contributed by atoms with E-state index < -0.39 is 5.97 Å².